The Hall–Kier alpha value is -1.74. The highest BCUT2D eigenvalue weighted by Gasteiger charge is 2.12. The zero-order chi connectivity index (χ0) is 10.8. The minimum absolute atomic E-state index is 0.00497. The van der Waals surface area contributed by atoms with Crippen LogP contribution < -0.4 is 0 Å². The van der Waals surface area contributed by atoms with E-state index < -0.39 is 5.78 Å². The number of halogens is 1. The molecule has 0 aliphatic rings. The molecule has 0 spiro atoms. The first-order valence-corrected chi connectivity index (χ1v) is 4.65. The van der Waals surface area contributed by atoms with Gasteiger partial charge in [-0.1, -0.05) is 29.8 Å². The summed E-state index contributed by atoms with van der Waals surface area (Å²) in [5.74, 6) is -0.703. The minimum atomic E-state index is -0.703. The Balaban J connectivity index is 2.72. The van der Waals surface area contributed by atoms with Crippen molar-refractivity contribution < 1.29 is 9.59 Å². The number of aromatic nitrogens is 1. The number of pyridine rings is 1. The number of ketones is 1. The summed E-state index contributed by atoms with van der Waals surface area (Å²) in [6.45, 7) is 0. The molecule has 0 radical (unpaired) electrons. The second-order valence-electron chi connectivity index (χ2n) is 2.99. The molecule has 15 heavy (non-hydrogen) atoms. The SMILES string of the molecule is O=CC(=O)c1nc2ccccc2cc1Cl. The summed E-state index contributed by atoms with van der Waals surface area (Å²) in [7, 11) is 0. The maximum Gasteiger partial charge on any atom is 0.245 e. The standard InChI is InChI=1S/C11H6ClNO2/c12-8-5-7-3-1-2-4-9(7)13-11(8)10(15)6-14/h1-6H. The van der Waals surface area contributed by atoms with E-state index in [1.54, 1.807) is 18.2 Å². The molecule has 0 saturated heterocycles. The van der Waals surface area contributed by atoms with Gasteiger partial charge < -0.3 is 0 Å². The highest BCUT2D eigenvalue weighted by atomic mass is 35.5. The maximum absolute atomic E-state index is 11.2. The predicted octanol–water partition coefficient (Wildman–Crippen LogP) is 2.27. The van der Waals surface area contributed by atoms with Crippen molar-refractivity contribution in [3.63, 3.8) is 0 Å². The van der Waals surface area contributed by atoms with Gasteiger partial charge in [-0.15, -0.1) is 0 Å². The van der Waals surface area contributed by atoms with Crippen molar-refractivity contribution in [1.82, 2.24) is 4.98 Å². The van der Waals surface area contributed by atoms with Crippen molar-refractivity contribution >= 4 is 34.6 Å². The van der Waals surface area contributed by atoms with Crippen LogP contribution in [0.3, 0.4) is 0 Å². The number of Topliss-reactive ketones (excluding diaryl/α,β-unsaturated/α-hetero) is 1. The van der Waals surface area contributed by atoms with E-state index in [-0.39, 0.29) is 17.0 Å². The Morgan fingerprint density at radius 2 is 2.07 bits per heavy atom. The van der Waals surface area contributed by atoms with E-state index in [2.05, 4.69) is 4.98 Å². The number of aldehydes is 1. The van der Waals surface area contributed by atoms with Crippen LogP contribution in [-0.4, -0.2) is 17.1 Å². The number of fused-ring (bicyclic) bond motifs is 1. The first kappa shape index (κ1) is 9.80. The highest BCUT2D eigenvalue weighted by Crippen LogP contribution is 2.20. The number of benzene rings is 1. The van der Waals surface area contributed by atoms with Gasteiger partial charge in [-0.2, -0.15) is 0 Å². The second kappa shape index (κ2) is 3.79. The number of rotatable bonds is 2. The molecule has 4 heteroatoms. The summed E-state index contributed by atoms with van der Waals surface area (Å²) >= 11 is 5.83. The zero-order valence-electron chi connectivity index (χ0n) is 7.61. The molecule has 0 aliphatic heterocycles. The third kappa shape index (κ3) is 1.74. The van der Waals surface area contributed by atoms with Gasteiger partial charge in [-0.25, -0.2) is 4.98 Å². The molecule has 0 bridgehead atoms. The van der Waals surface area contributed by atoms with Crippen LogP contribution in [0.5, 0.6) is 0 Å². The van der Waals surface area contributed by atoms with Crippen molar-refractivity contribution in [2.45, 2.75) is 0 Å². The number of carbonyl (C=O) groups excluding carboxylic acids is 2. The Labute approximate surface area is 90.7 Å². The molecule has 1 aromatic heterocycles. The van der Waals surface area contributed by atoms with Crippen LogP contribution in [0.1, 0.15) is 10.5 Å². The molecule has 2 aromatic rings. The zero-order valence-corrected chi connectivity index (χ0v) is 8.36. The minimum Gasteiger partial charge on any atom is -0.294 e. The van der Waals surface area contributed by atoms with E-state index in [1.807, 2.05) is 12.1 Å². The lowest BCUT2D eigenvalue weighted by atomic mass is 10.2. The smallest absolute Gasteiger partial charge is 0.245 e. The van der Waals surface area contributed by atoms with E-state index in [9.17, 15) is 9.59 Å². The van der Waals surface area contributed by atoms with Crippen LogP contribution in [0.2, 0.25) is 5.02 Å². The first-order valence-electron chi connectivity index (χ1n) is 4.27. The number of nitrogens with zero attached hydrogens (tertiary/aromatic N) is 1. The third-order valence-electron chi connectivity index (χ3n) is 2.02. The summed E-state index contributed by atoms with van der Waals surface area (Å²) in [5, 5.41) is 1.04. The van der Waals surface area contributed by atoms with Crippen LogP contribution in [0.15, 0.2) is 30.3 Å². The van der Waals surface area contributed by atoms with E-state index in [0.29, 0.717) is 5.52 Å². The third-order valence-corrected chi connectivity index (χ3v) is 2.31. The average molecular weight is 220 g/mol. The average Bonchev–Trinajstić information content (AvgIpc) is 2.27. The van der Waals surface area contributed by atoms with Gasteiger partial charge in [0.25, 0.3) is 0 Å². The molecule has 0 saturated carbocycles. The molecule has 74 valence electrons. The maximum atomic E-state index is 11.2. The Morgan fingerprint density at radius 1 is 1.33 bits per heavy atom. The lowest BCUT2D eigenvalue weighted by molar-refractivity contribution is -0.104. The molecular formula is C11H6ClNO2. The molecule has 0 unspecified atom stereocenters. The molecule has 1 heterocycles. The first-order chi connectivity index (χ1) is 7.22. The van der Waals surface area contributed by atoms with Crippen LogP contribution in [-0.2, 0) is 4.79 Å². The molecule has 3 nitrogen and oxygen atoms in total. The highest BCUT2D eigenvalue weighted by molar-refractivity contribution is 6.41. The Kier molecular flexibility index (Phi) is 2.47. The van der Waals surface area contributed by atoms with Gasteiger partial charge in [0, 0.05) is 5.39 Å². The topological polar surface area (TPSA) is 47.0 Å². The second-order valence-corrected chi connectivity index (χ2v) is 3.40. The van der Waals surface area contributed by atoms with Gasteiger partial charge in [-0.3, -0.25) is 9.59 Å². The number of hydrogen-bond acceptors (Lipinski definition) is 3. The van der Waals surface area contributed by atoms with Crippen molar-refractivity contribution in [3.05, 3.63) is 41.0 Å². The summed E-state index contributed by atoms with van der Waals surface area (Å²) < 4.78 is 0. The van der Waals surface area contributed by atoms with E-state index in [0.717, 1.165) is 5.39 Å². The molecular weight excluding hydrogens is 214 g/mol. The lowest BCUT2D eigenvalue weighted by Crippen LogP contribution is -2.04. The quantitative estimate of drug-likeness (QED) is 0.442. The van der Waals surface area contributed by atoms with E-state index in [1.165, 1.54) is 0 Å². The van der Waals surface area contributed by atoms with Crippen molar-refractivity contribution in [3.8, 4) is 0 Å². The fourth-order valence-electron chi connectivity index (χ4n) is 1.32. The molecule has 0 fully saturated rings. The van der Waals surface area contributed by atoms with Gasteiger partial charge >= 0.3 is 0 Å². The Bertz CT molecular complexity index is 551. The molecule has 0 N–H and O–H groups in total. The predicted molar refractivity (Wildman–Crippen MR) is 57.1 cm³/mol. The number of hydrogen-bond donors (Lipinski definition) is 0. The van der Waals surface area contributed by atoms with Gasteiger partial charge in [0.2, 0.25) is 5.78 Å². The summed E-state index contributed by atoms with van der Waals surface area (Å²) in [6.07, 6.45) is 0.211. The Morgan fingerprint density at radius 3 is 2.80 bits per heavy atom. The molecule has 0 atom stereocenters. The normalized spacial score (nSPS) is 10.2. The van der Waals surface area contributed by atoms with E-state index in [4.69, 9.17) is 11.6 Å². The fourth-order valence-corrected chi connectivity index (χ4v) is 1.57. The molecule has 0 aliphatic carbocycles. The summed E-state index contributed by atoms with van der Waals surface area (Å²) in [6, 6.07) is 8.87. The van der Waals surface area contributed by atoms with Crippen LogP contribution >= 0.6 is 11.6 Å². The van der Waals surface area contributed by atoms with Crippen molar-refractivity contribution in [2.75, 3.05) is 0 Å². The van der Waals surface area contributed by atoms with Crippen molar-refractivity contribution in [2.24, 2.45) is 0 Å². The molecule has 0 amide bonds. The van der Waals surface area contributed by atoms with Gasteiger partial charge in [0.15, 0.2) is 6.29 Å². The van der Waals surface area contributed by atoms with Crippen LogP contribution in [0.4, 0.5) is 0 Å². The molecule has 2 rings (SSSR count). The number of para-hydroxylation sites is 1. The summed E-state index contributed by atoms with van der Waals surface area (Å²) in [4.78, 5) is 25.5. The largest absolute Gasteiger partial charge is 0.294 e. The van der Waals surface area contributed by atoms with Crippen LogP contribution in [0, 0.1) is 0 Å². The van der Waals surface area contributed by atoms with Gasteiger partial charge in [0.05, 0.1) is 10.5 Å². The number of carbonyl (C=O) groups is 2. The fraction of sp³-hybridized carbons (Fsp3) is 0. The van der Waals surface area contributed by atoms with Crippen molar-refractivity contribution in [1.29, 1.82) is 0 Å². The van der Waals surface area contributed by atoms with Gasteiger partial charge in [0.1, 0.15) is 5.69 Å². The van der Waals surface area contributed by atoms with Gasteiger partial charge in [-0.05, 0) is 12.1 Å². The lowest BCUT2D eigenvalue weighted by Gasteiger charge is -2.01. The summed E-state index contributed by atoms with van der Waals surface area (Å²) in [5.41, 5.74) is 0.650. The van der Waals surface area contributed by atoms with E-state index >= 15 is 0 Å². The van der Waals surface area contributed by atoms with Crippen LogP contribution in [0.25, 0.3) is 10.9 Å². The molecule has 1 aromatic carbocycles. The monoisotopic (exact) mass is 219 g/mol.